The lowest BCUT2D eigenvalue weighted by Crippen LogP contribution is -2.48. The number of morpholine rings is 1. The lowest BCUT2D eigenvalue weighted by atomic mass is 9.97. The van der Waals surface area contributed by atoms with Crippen LogP contribution in [0.5, 0.6) is 0 Å². The minimum absolute atomic E-state index is 0.0111. The molecule has 0 radical (unpaired) electrons. The van der Waals surface area contributed by atoms with Gasteiger partial charge in [0, 0.05) is 30.8 Å². The largest absolute Gasteiger partial charge is 0.378 e. The van der Waals surface area contributed by atoms with E-state index in [1.165, 1.54) is 54.4 Å². The number of nitriles is 1. The van der Waals surface area contributed by atoms with Crippen molar-refractivity contribution in [1.82, 2.24) is 9.88 Å². The van der Waals surface area contributed by atoms with Gasteiger partial charge in [0.1, 0.15) is 22.5 Å². The van der Waals surface area contributed by atoms with E-state index in [9.17, 15) is 13.6 Å². The number of aliphatic imine (C=N–C) groups is 1. The van der Waals surface area contributed by atoms with Gasteiger partial charge in [-0.05, 0) is 42.3 Å². The Bertz CT molecular complexity index is 1240. The fourth-order valence-corrected chi connectivity index (χ4v) is 5.80. The van der Waals surface area contributed by atoms with Gasteiger partial charge in [-0.15, -0.1) is 0 Å². The number of pyridine rings is 1. The third-order valence-corrected chi connectivity index (χ3v) is 7.65. The van der Waals surface area contributed by atoms with E-state index in [1.807, 2.05) is 6.07 Å². The maximum absolute atomic E-state index is 14.9. The maximum Gasteiger partial charge on any atom is 0.239 e. The van der Waals surface area contributed by atoms with Crippen molar-refractivity contribution in [2.24, 2.45) is 16.6 Å². The summed E-state index contributed by atoms with van der Waals surface area (Å²) in [4.78, 5) is 23.5. The third kappa shape index (κ3) is 4.06. The number of ether oxygens (including phenoxy) is 1. The van der Waals surface area contributed by atoms with Crippen molar-refractivity contribution in [2.45, 2.75) is 17.2 Å². The van der Waals surface area contributed by atoms with Crippen LogP contribution in [0.1, 0.15) is 34.8 Å². The first-order valence-electron chi connectivity index (χ1n) is 10.8. The van der Waals surface area contributed by atoms with Crippen molar-refractivity contribution in [3.05, 3.63) is 64.7 Å². The van der Waals surface area contributed by atoms with Gasteiger partial charge in [-0.1, -0.05) is 17.8 Å². The molecule has 2 fully saturated rings. The molecule has 0 spiro atoms. The van der Waals surface area contributed by atoms with E-state index in [2.05, 4.69) is 9.98 Å². The Hall–Kier alpha value is -3.29. The summed E-state index contributed by atoms with van der Waals surface area (Å²) >= 11 is 1.25. The van der Waals surface area contributed by atoms with E-state index < -0.39 is 22.4 Å². The summed E-state index contributed by atoms with van der Waals surface area (Å²) in [5, 5.41) is 9.11. The van der Waals surface area contributed by atoms with Crippen LogP contribution in [0, 0.1) is 23.1 Å². The zero-order valence-corrected chi connectivity index (χ0v) is 18.9. The van der Waals surface area contributed by atoms with Gasteiger partial charge < -0.3 is 15.4 Å². The molecular weight excluding hydrogens is 460 g/mol. The average molecular weight is 482 g/mol. The van der Waals surface area contributed by atoms with E-state index in [4.69, 9.17) is 15.7 Å². The fraction of sp³-hybridized carbons (Fsp3) is 0.333. The van der Waals surface area contributed by atoms with E-state index >= 15 is 0 Å². The molecule has 5 rings (SSSR count). The van der Waals surface area contributed by atoms with Crippen molar-refractivity contribution in [3.8, 4) is 6.07 Å². The number of carbonyl (C=O) groups excluding carboxylic acids is 1. The van der Waals surface area contributed by atoms with Crippen LogP contribution in [0.15, 0.2) is 41.5 Å². The fourth-order valence-electron chi connectivity index (χ4n) is 4.50. The van der Waals surface area contributed by atoms with Crippen LogP contribution in [0.25, 0.3) is 11.9 Å². The third-order valence-electron chi connectivity index (χ3n) is 6.33. The molecule has 1 saturated heterocycles. The zero-order chi connectivity index (χ0) is 23.9. The van der Waals surface area contributed by atoms with E-state index in [0.29, 0.717) is 43.9 Å². The summed E-state index contributed by atoms with van der Waals surface area (Å²) in [5.41, 5.74) is 7.19. The van der Waals surface area contributed by atoms with Gasteiger partial charge in [-0.2, -0.15) is 5.26 Å². The summed E-state index contributed by atoms with van der Waals surface area (Å²) in [7, 11) is 0. The zero-order valence-electron chi connectivity index (χ0n) is 18.1. The predicted octanol–water partition coefficient (Wildman–Crippen LogP) is 3.28. The Morgan fingerprint density at radius 1 is 1.32 bits per heavy atom. The van der Waals surface area contributed by atoms with Crippen molar-refractivity contribution in [2.75, 3.05) is 26.3 Å². The minimum atomic E-state index is -0.746. The second kappa shape index (κ2) is 8.81. The number of amides is 1. The van der Waals surface area contributed by atoms with Crippen LogP contribution in [-0.2, 0) is 9.53 Å². The Morgan fingerprint density at radius 2 is 2.12 bits per heavy atom. The van der Waals surface area contributed by atoms with E-state index in [0.717, 1.165) is 0 Å². The van der Waals surface area contributed by atoms with Gasteiger partial charge in [-0.3, -0.25) is 14.8 Å². The van der Waals surface area contributed by atoms with Gasteiger partial charge in [0.05, 0.1) is 30.5 Å². The second-order valence-corrected chi connectivity index (χ2v) is 9.79. The summed E-state index contributed by atoms with van der Waals surface area (Å²) in [6.45, 7) is 2.03. The van der Waals surface area contributed by atoms with Gasteiger partial charge in [0.15, 0.2) is 5.17 Å². The Kier molecular flexibility index (Phi) is 5.83. The SMILES string of the molecule is N#Cc1ccc(/C(F)=C/c2ccc(F)c(C3N=C(N)S[C@@]4(C(=O)N5CCOCC5)CC34)c2)nc1. The number of nitrogens with two attached hydrogens (primary N) is 1. The number of carbonyl (C=O) groups is 1. The molecule has 0 bridgehead atoms. The monoisotopic (exact) mass is 481 g/mol. The van der Waals surface area contributed by atoms with E-state index in [-0.39, 0.29) is 28.3 Å². The standard InChI is InChI=1S/C24H21F2N5O2S/c25-18-3-1-14(10-19(26)20-4-2-15(12-27)13-29-20)9-16(18)21-17-11-24(17,34-23(28)30-21)22(32)31-5-7-33-8-6-31/h1-4,9-10,13,17,21H,5-8,11H2,(H2,28,30)/b19-10-/t17?,21?,24-/m0/s1. The highest BCUT2D eigenvalue weighted by Crippen LogP contribution is 2.64. The second-order valence-electron chi connectivity index (χ2n) is 8.44. The molecule has 1 aromatic heterocycles. The first kappa shape index (κ1) is 22.5. The molecule has 10 heteroatoms. The van der Waals surface area contributed by atoms with Crippen LogP contribution >= 0.6 is 11.8 Å². The molecule has 174 valence electrons. The van der Waals surface area contributed by atoms with Crippen LogP contribution in [0.4, 0.5) is 8.78 Å². The molecule has 34 heavy (non-hydrogen) atoms. The lowest BCUT2D eigenvalue weighted by Gasteiger charge is -2.33. The molecule has 2 aliphatic heterocycles. The quantitative estimate of drug-likeness (QED) is 0.719. The number of rotatable bonds is 4. The van der Waals surface area contributed by atoms with Crippen molar-refractivity contribution >= 4 is 34.7 Å². The van der Waals surface area contributed by atoms with Gasteiger partial charge in [-0.25, -0.2) is 8.78 Å². The average Bonchev–Trinajstić information content (AvgIpc) is 3.60. The highest BCUT2D eigenvalue weighted by molar-refractivity contribution is 8.15. The Balaban J connectivity index is 1.42. The summed E-state index contributed by atoms with van der Waals surface area (Å²) < 4.78 is 34.3. The molecule has 7 nitrogen and oxygen atoms in total. The van der Waals surface area contributed by atoms with Gasteiger partial charge in [0.25, 0.3) is 0 Å². The van der Waals surface area contributed by atoms with Crippen LogP contribution in [-0.4, -0.2) is 52.0 Å². The molecule has 2 N–H and O–H groups in total. The Morgan fingerprint density at radius 3 is 2.82 bits per heavy atom. The molecule has 1 saturated carbocycles. The number of aromatic nitrogens is 1. The normalized spacial score (nSPS) is 26.3. The van der Waals surface area contributed by atoms with Gasteiger partial charge in [0.2, 0.25) is 5.91 Å². The number of fused-ring (bicyclic) bond motifs is 1. The molecule has 3 atom stereocenters. The molecule has 3 aliphatic rings. The highest BCUT2D eigenvalue weighted by Gasteiger charge is 2.67. The number of nitrogens with zero attached hydrogens (tertiary/aromatic N) is 4. The van der Waals surface area contributed by atoms with E-state index in [1.54, 1.807) is 4.90 Å². The Labute approximate surface area is 199 Å². The lowest BCUT2D eigenvalue weighted by molar-refractivity contribution is -0.135. The highest BCUT2D eigenvalue weighted by atomic mass is 32.2. The molecule has 1 amide bonds. The summed E-state index contributed by atoms with van der Waals surface area (Å²) in [6, 6.07) is 8.46. The smallest absolute Gasteiger partial charge is 0.239 e. The minimum Gasteiger partial charge on any atom is -0.378 e. The van der Waals surface area contributed by atoms with Gasteiger partial charge >= 0.3 is 0 Å². The maximum atomic E-state index is 14.9. The summed E-state index contributed by atoms with van der Waals surface area (Å²) in [6.07, 6.45) is 3.08. The first-order chi connectivity index (χ1) is 16.4. The summed E-state index contributed by atoms with van der Waals surface area (Å²) in [5.74, 6) is -1.31. The van der Waals surface area contributed by atoms with Crippen molar-refractivity contribution in [1.29, 1.82) is 5.26 Å². The molecule has 1 aliphatic carbocycles. The molecule has 1 aromatic carbocycles. The number of thioether (sulfide) groups is 1. The van der Waals surface area contributed by atoms with Crippen LogP contribution < -0.4 is 5.73 Å². The number of amidine groups is 1. The van der Waals surface area contributed by atoms with Crippen LogP contribution in [0.3, 0.4) is 0 Å². The molecule has 3 heterocycles. The number of benzene rings is 1. The molecule has 2 aromatic rings. The molecular formula is C24H21F2N5O2S. The number of hydrogen-bond acceptors (Lipinski definition) is 7. The van der Waals surface area contributed by atoms with Crippen LogP contribution in [0.2, 0.25) is 0 Å². The molecule has 2 unspecified atom stereocenters. The predicted molar refractivity (Wildman–Crippen MR) is 125 cm³/mol. The number of halogens is 2. The van der Waals surface area contributed by atoms with Crippen molar-refractivity contribution < 1.29 is 18.3 Å². The first-order valence-corrected chi connectivity index (χ1v) is 11.7. The van der Waals surface area contributed by atoms with Crippen molar-refractivity contribution in [3.63, 3.8) is 0 Å². The number of hydrogen-bond donors (Lipinski definition) is 1. The topological polar surface area (TPSA) is 105 Å².